The molecule has 0 unspecified atom stereocenters. The summed E-state index contributed by atoms with van der Waals surface area (Å²) < 4.78 is 0. The van der Waals surface area contributed by atoms with Crippen LogP contribution < -0.4 is 5.32 Å². The molecule has 0 spiro atoms. The largest absolute Gasteiger partial charge is 0.355 e. The second kappa shape index (κ2) is 9.39. The first kappa shape index (κ1) is 20.0. The van der Waals surface area contributed by atoms with Crippen LogP contribution in [-0.2, 0) is 22.6 Å². The normalized spacial score (nSPS) is 11.7. The third-order valence-corrected chi connectivity index (χ3v) is 4.47. The summed E-state index contributed by atoms with van der Waals surface area (Å²) in [5.41, 5.74) is 2.98. The number of carbonyl (C=O) groups excluding carboxylic acids is 2. The van der Waals surface area contributed by atoms with E-state index < -0.39 is 6.04 Å². The molecule has 0 radical (unpaired) electrons. The van der Waals surface area contributed by atoms with Gasteiger partial charge in [-0.05, 0) is 44.0 Å². The molecule has 1 atom stereocenters. The summed E-state index contributed by atoms with van der Waals surface area (Å²) >= 11 is 5.94. The molecule has 0 saturated heterocycles. The lowest BCUT2D eigenvalue weighted by atomic mass is 10.1. The Hall–Kier alpha value is -2.33. The van der Waals surface area contributed by atoms with Crippen LogP contribution in [0.2, 0.25) is 5.02 Å². The molecule has 0 heterocycles. The molecule has 2 rings (SSSR count). The number of hydrogen-bond donors (Lipinski definition) is 1. The molecule has 138 valence electrons. The number of carbonyl (C=O) groups is 2. The standard InChI is InChI=1S/C21H25ClN2O2/c1-4-23-21(26)16(3)24(14-17-8-10-19(22)11-9-17)20(25)13-18-7-5-6-15(2)12-18/h5-12,16H,4,13-14H2,1-3H3,(H,23,26)/t16-/m1/s1. The first-order valence-corrected chi connectivity index (χ1v) is 9.15. The zero-order valence-corrected chi connectivity index (χ0v) is 16.2. The van der Waals surface area contributed by atoms with Gasteiger partial charge in [-0.3, -0.25) is 9.59 Å². The lowest BCUT2D eigenvalue weighted by Gasteiger charge is -2.29. The number of nitrogens with one attached hydrogen (secondary N) is 1. The van der Waals surface area contributed by atoms with Crippen molar-refractivity contribution in [2.75, 3.05) is 6.54 Å². The van der Waals surface area contributed by atoms with E-state index in [1.54, 1.807) is 24.0 Å². The van der Waals surface area contributed by atoms with Crippen LogP contribution in [0.25, 0.3) is 0 Å². The molecular weight excluding hydrogens is 348 g/mol. The van der Waals surface area contributed by atoms with E-state index in [1.807, 2.05) is 50.2 Å². The van der Waals surface area contributed by atoms with E-state index in [0.717, 1.165) is 16.7 Å². The van der Waals surface area contributed by atoms with Crippen LogP contribution in [0.4, 0.5) is 0 Å². The number of nitrogens with zero attached hydrogens (tertiary/aromatic N) is 1. The Bertz CT molecular complexity index is 759. The summed E-state index contributed by atoms with van der Waals surface area (Å²) in [6.45, 7) is 6.51. The predicted octanol–water partition coefficient (Wildman–Crippen LogP) is 3.74. The molecular formula is C21H25ClN2O2. The molecule has 2 aromatic carbocycles. The van der Waals surface area contributed by atoms with Crippen LogP contribution in [0.15, 0.2) is 48.5 Å². The predicted molar refractivity (Wildman–Crippen MR) is 105 cm³/mol. The minimum absolute atomic E-state index is 0.0793. The Morgan fingerprint density at radius 2 is 1.81 bits per heavy atom. The SMILES string of the molecule is CCNC(=O)[C@@H](C)N(Cc1ccc(Cl)cc1)C(=O)Cc1cccc(C)c1. The molecule has 0 aliphatic carbocycles. The van der Waals surface area contributed by atoms with Gasteiger partial charge in [-0.25, -0.2) is 0 Å². The lowest BCUT2D eigenvalue weighted by Crippen LogP contribution is -2.48. The van der Waals surface area contributed by atoms with E-state index in [1.165, 1.54) is 0 Å². The Kier molecular flexibility index (Phi) is 7.22. The van der Waals surface area contributed by atoms with Gasteiger partial charge in [-0.1, -0.05) is 53.6 Å². The van der Waals surface area contributed by atoms with E-state index >= 15 is 0 Å². The molecule has 0 saturated carbocycles. The second-order valence-corrected chi connectivity index (χ2v) is 6.82. The first-order chi connectivity index (χ1) is 12.4. The number of rotatable bonds is 7. The minimum Gasteiger partial charge on any atom is -0.355 e. The number of likely N-dealkylation sites (N-methyl/N-ethyl adjacent to an activating group) is 1. The van der Waals surface area contributed by atoms with Crippen LogP contribution in [-0.4, -0.2) is 29.3 Å². The van der Waals surface area contributed by atoms with Crippen molar-refractivity contribution in [3.05, 3.63) is 70.2 Å². The van der Waals surface area contributed by atoms with Gasteiger partial charge in [0.2, 0.25) is 11.8 Å². The molecule has 5 heteroatoms. The molecule has 0 aliphatic heterocycles. The average molecular weight is 373 g/mol. The molecule has 0 aliphatic rings. The zero-order chi connectivity index (χ0) is 19.1. The van der Waals surface area contributed by atoms with E-state index in [4.69, 9.17) is 11.6 Å². The van der Waals surface area contributed by atoms with Gasteiger partial charge in [-0.15, -0.1) is 0 Å². The van der Waals surface area contributed by atoms with Crippen molar-refractivity contribution in [1.82, 2.24) is 10.2 Å². The summed E-state index contributed by atoms with van der Waals surface area (Å²) in [6, 6.07) is 14.6. The fraction of sp³-hybridized carbons (Fsp3) is 0.333. The zero-order valence-electron chi connectivity index (χ0n) is 15.5. The minimum atomic E-state index is -0.553. The highest BCUT2D eigenvalue weighted by atomic mass is 35.5. The summed E-state index contributed by atoms with van der Waals surface area (Å²) in [7, 11) is 0. The second-order valence-electron chi connectivity index (χ2n) is 6.38. The maximum absolute atomic E-state index is 13.0. The monoisotopic (exact) mass is 372 g/mol. The molecule has 0 bridgehead atoms. The quantitative estimate of drug-likeness (QED) is 0.804. The Morgan fingerprint density at radius 3 is 2.42 bits per heavy atom. The Morgan fingerprint density at radius 1 is 1.12 bits per heavy atom. The van der Waals surface area contributed by atoms with Crippen molar-refractivity contribution < 1.29 is 9.59 Å². The Balaban J connectivity index is 2.21. The van der Waals surface area contributed by atoms with Crippen LogP contribution in [0, 0.1) is 6.92 Å². The highest BCUT2D eigenvalue weighted by Crippen LogP contribution is 2.15. The fourth-order valence-corrected chi connectivity index (χ4v) is 2.92. The smallest absolute Gasteiger partial charge is 0.242 e. The van der Waals surface area contributed by atoms with Crippen LogP contribution in [0.3, 0.4) is 0 Å². The molecule has 2 aromatic rings. The fourth-order valence-electron chi connectivity index (χ4n) is 2.79. The molecule has 2 amide bonds. The van der Waals surface area contributed by atoms with E-state index in [-0.39, 0.29) is 18.2 Å². The van der Waals surface area contributed by atoms with Gasteiger partial charge in [-0.2, -0.15) is 0 Å². The molecule has 1 N–H and O–H groups in total. The number of benzene rings is 2. The lowest BCUT2D eigenvalue weighted by molar-refractivity contribution is -0.140. The summed E-state index contributed by atoms with van der Waals surface area (Å²) in [5.74, 6) is -0.233. The van der Waals surface area contributed by atoms with Crippen molar-refractivity contribution in [3.8, 4) is 0 Å². The van der Waals surface area contributed by atoms with E-state index in [2.05, 4.69) is 5.32 Å². The maximum Gasteiger partial charge on any atom is 0.242 e. The number of amides is 2. The van der Waals surface area contributed by atoms with Crippen LogP contribution in [0.5, 0.6) is 0 Å². The van der Waals surface area contributed by atoms with Crippen molar-refractivity contribution >= 4 is 23.4 Å². The molecule has 0 aromatic heterocycles. The summed E-state index contributed by atoms with van der Waals surface area (Å²) in [4.78, 5) is 26.9. The summed E-state index contributed by atoms with van der Waals surface area (Å²) in [5, 5.41) is 3.44. The molecule has 0 fully saturated rings. The van der Waals surface area contributed by atoms with Gasteiger partial charge < -0.3 is 10.2 Å². The third kappa shape index (κ3) is 5.60. The number of aryl methyl sites for hydroxylation is 1. The van der Waals surface area contributed by atoms with E-state index in [0.29, 0.717) is 18.1 Å². The van der Waals surface area contributed by atoms with Gasteiger partial charge in [0.05, 0.1) is 6.42 Å². The highest BCUT2D eigenvalue weighted by molar-refractivity contribution is 6.30. The summed E-state index contributed by atoms with van der Waals surface area (Å²) in [6.07, 6.45) is 0.263. The van der Waals surface area contributed by atoms with Gasteiger partial charge in [0.1, 0.15) is 6.04 Å². The highest BCUT2D eigenvalue weighted by Gasteiger charge is 2.25. The van der Waals surface area contributed by atoms with Gasteiger partial charge in [0.15, 0.2) is 0 Å². The van der Waals surface area contributed by atoms with Crippen LogP contribution >= 0.6 is 11.6 Å². The maximum atomic E-state index is 13.0. The van der Waals surface area contributed by atoms with Gasteiger partial charge in [0, 0.05) is 18.1 Å². The third-order valence-electron chi connectivity index (χ3n) is 4.22. The van der Waals surface area contributed by atoms with Crippen molar-refractivity contribution in [2.45, 2.75) is 39.8 Å². The van der Waals surface area contributed by atoms with Crippen molar-refractivity contribution in [1.29, 1.82) is 0 Å². The molecule has 26 heavy (non-hydrogen) atoms. The van der Waals surface area contributed by atoms with Gasteiger partial charge in [0.25, 0.3) is 0 Å². The molecule has 4 nitrogen and oxygen atoms in total. The topological polar surface area (TPSA) is 49.4 Å². The average Bonchev–Trinajstić information content (AvgIpc) is 2.60. The van der Waals surface area contributed by atoms with E-state index in [9.17, 15) is 9.59 Å². The van der Waals surface area contributed by atoms with Gasteiger partial charge >= 0.3 is 0 Å². The first-order valence-electron chi connectivity index (χ1n) is 8.78. The van der Waals surface area contributed by atoms with Crippen molar-refractivity contribution in [3.63, 3.8) is 0 Å². The van der Waals surface area contributed by atoms with Crippen LogP contribution in [0.1, 0.15) is 30.5 Å². The Labute approximate surface area is 160 Å². The number of halogens is 1. The number of hydrogen-bond acceptors (Lipinski definition) is 2. The van der Waals surface area contributed by atoms with Crippen molar-refractivity contribution in [2.24, 2.45) is 0 Å².